The van der Waals surface area contributed by atoms with Gasteiger partial charge in [-0.3, -0.25) is 9.78 Å². The molecule has 0 saturated carbocycles. The van der Waals surface area contributed by atoms with Gasteiger partial charge >= 0.3 is 0 Å². The fraction of sp³-hybridized carbons (Fsp3) is 0.217. The number of hydrogen-bond donors (Lipinski definition) is 2. The van der Waals surface area contributed by atoms with Crippen molar-refractivity contribution in [2.75, 3.05) is 32.1 Å². The second kappa shape index (κ2) is 9.07. The smallest absolute Gasteiger partial charge is 0.150 e. The van der Waals surface area contributed by atoms with Gasteiger partial charge in [0.25, 0.3) is 0 Å². The van der Waals surface area contributed by atoms with Gasteiger partial charge in [-0.1, -0.05) is 23.7 Å². The molecule has 5 nitrogen and oxygen atoms in total. The van der Waals surface area contributed by atoms with Crippen LogP contribution in [0.3, 0.4) is 0 Å². The molecule has 0 amide bonds. The maximum atomic E-state index is 11.6. The first-order valence-electron chi connectivity index (χ1n) is 9.43. The van der Waals surface area contributed by atoms with Crippen LogP contribution in [-0.4, -0.2) is 36.8 Å². The molecule has 1 heterocycles. The highest BCUT2D eigenvalue weighted by molar-refractivity contribution is 6.31. The lowest BCUT2D eigenvalue weighted by Gasteiger charge is -2.19. The molecule has 6 heteroatoms. The molecule has 1 aromatic heterocycles. The van der Waals surface area contributed by atoms with Gasteiger partial charge in [0.1, 0.15) is 0 Å². The fourth-order valence-electron chi connectivity index (χ4n) is 3.49. The number of carbonyl (C=O) groups is 1. The van der Waals surface area contributed by atoms with Crippen LogP contribution in [0.1, 0.15) is 22.3 Å². The Morgan fingerprint density at radius 3 is 2.48 bits per heavy atom. The van der Waals surface area contributed by atoms with E-state index in [1.807, 2.05) is 26.2 Å². The predicted octanol–water partition coefficient (Wildman–Crippen LogP) is 4.54. The molecule has 0 spiro atoms. The first-order valence-corrected chi connectivity index (χ1v) is 9.81. The SMILES string of the molecule is CN(C)CCCc1c(-c2cnccc2N)ccc(-c2cc(Cl)ccc2C=O)c1N. The van der Waals surface area contributed by atoms with Crippen LogP contribution in [0.25, 0.3) is 22.3 Å². The van der Waals surface area contributed by atoms with Crippen molar-refractivity contribution in [1.82, 2.24) is 9.88 Å². The van der Waals surface area contributed by atoms with Crippen molar-refractivity contribution >= 4 is 29.3 Å². The molecule has 0 fully saturated rings. The van der Waals surface area contributed by atoms with Gasteiger partial charge in [-0.15, -0.1) is 0 Å². The Morgan fingerprint density at radius 2 is 1.79 bits per heavy atom. The molecular weight excluding hydrogens is 384 g/mol. The first-order chi connectivity index (χ1) is 13.9. The third kappa shape index (κ3) is 4.58. The van der Waals surface area contributed by atoms with Gasteiger partial charge in [0.15, 0.2) is 6.29 Å². The van der Waals surface area contributed by atoms with Crippen LogP contribution < -0.4 is 11.5 Å². The van der Waals surface area contributed by atoms with Crippen molar-refractivity contribution in [2.45, 2.75) is 12.8 Å². The third-order valence-corrected chi connectivity index (χ3v) is 5.20. The molecule has 29 heavy (non-hydrogen) atoms. The number of carbonyl (C=O) groups excluding carboxylic acids is 1. The minimum absolute atomic E-state index is 0.550. The summed E-state index contributed by atoms with van der Waals surface area (Å²) >= 11 is 6.20. The van der Waals surface area contributed by atoms with Gasteiger partial charge in [0.05, 0.1) is 0 Å². The molecular formula is C23H25ClN4O. The van der Waals surface area contributed by atoms with E-state index in [2.05, 4.69) is 9.88 Å². The van der Waals surface area contributed by atoms with Crippen LogP contribution in [0.4, 0.5) is 11.4 Å². The van der Waals surface area contributed by atoms with Crippen molar-refractivity contribution in [2.24, 2.45) is 0 Å². The van der Waals surface area contributed by atoms with Crippen LogP contribution in [0.15, 0.2) is 48.8 Å². The number of nitrogen functional groups attached to an aromatic ring is 2. The topological polar surface area (TPSA) is 85.2 Å². The quantitative estimate of drug-likeness (QED) is 0.442. The molecule has 150 valence electrons. The number of aldehydes is 1. The highest BCUT2D eigenvalue weighted by atomic mass is 35.5. The Balaban J connectivity index is 2.18. The normalized spacial score (nSPS) is 11.0. The minimum Gasteiger partial charge on any atom is -0.398 e. The maximum absolute atomic E-state index is 11.6. The van der Waals surface area contributed by atoms with E-state index < -0.39 is 0 Å². The Bertz CT molecular complexity index is 1030. The number of hydrogen-bond acceptors (Lipinski definition) is 5. The van der Waals surface area contributed by atoms with Gasteiger partial charge in [-0.2, -0.15) is 0 Å². The van der Waals surface area contributed by atoms with Crippen LogP contribution >= 0.6 is 11.6 Å². The maximum Gasteiger partial charge on any atom is 0.150 e. The van der Waals surface area contributed by atoms with Gasteiger partial charge in [0, 0.05) is 45.5 Å². The summed E-state index contributed by atoms with van der Waals surface area (Å²) < 4.78 is 0. The summed E-state index contributed by atoms with van der Waals surface area (Å²) in [6.07, 6.45) is 5.96. The Morgan fingerprint density at radius 1 is 1.03 bits per heavy atom. The molecule has 0 atom stereocenters. The summed E-state index contributed by atoms with van der Waals surface area (Å²) in [5, 5.41) is 0.555. The fourth-order valence-corrected chi connectivity index (χ4v) is 3.66. The molecule has 3 aromatic rings. The van der Waals surface area contributed by atoms with E-state index in [0.717, 1.165) is 53.5 Å². The lowest BCUT2D eigenvalue weighted by Crippen LogP contribution is -2.14. The molecule has 0 bridgehead atoms. The number of benzene rings is 2. The van der Waals surface area contributed by atoms with Crippen LogP contribution in [0, 0.1) is 0 Å². The van der Waals surface area contributed by atoms with E-state index >= 15 is 0 Å². The van der Waals surface area contributed by atoms with Crippen molar-refractivity contribution in [3.8, 4) is 22.3 Å². The monoisotopic (exact) mass is 408 g/mol. The zero-order valence-corrected chi connectivity index (χ0v) is 17.4. The second-order valence-corrected chi connectivity index (χ2v) is 7.71. The number of halogens is 1. The minimum atomic E-state index is 0.550. The Labute approximate surface area is 176 Å². The van der Waals surface area contributed by atoms with E-state index in [-0.39, 0.29) is 0 Å². The molecule has 2 aromatic carbocycles. The van der Waals surface area contributed by atoms with Crippen molar-refractivity contribution < 1.29 is 4.79 Å². The summed E-state index contributed by atoms with van der Waals surface area (Å²) in [5.41, 5.74) is 19.0. The van der Waals surface area contributed by atoms with Gasteiger partial charge in [-0.25, -0.2) is 0 Å². The molecule has 4 N–H and O–H groups in total. The summed E-state index contributed by atoms with van der Waals surface area (Å²) in [7, 11) is 4.09. The van der Waals surface area contributed by atoms with Crippen molar-refractivity contribution in [3.63, 3.8) is 0 Å². The van der Waals surface area contributed by atoms with E-state index in [1.165, 1.54) is 0 Å². The van der Waals surface area contributed by atoms with Gasteiger partial charge < -0.3 is 16.4 Å². The molecule has 0 unspecified atom stereocenters. The molecule has 0 aliphatic carbocycles. The average molecular weight is 409 g/mol. The average Bonchev–Trinajstić information content (AvgIpc) is 2.69. The lowest BCUT2D eigenvalue weighted by atomic mass is 9.89. The number of aromatic nitrogens is 1. The molecule has 0 saturated heterocycles. The van der Waals surface area contributed by atoms with Crippen molar-refractivity contribution in [3.05, 3.63) is 64.9 Å². The summed E-state index contributed by atoms with van der Waals surface area (Å²) in [6.45, 7) is 0.933. The predicted molar refractivity (Wildman–Crippen MR) is 121 cm³/mol. The molecule has 3 rings (SSSR count). The number of nitrogens with two attached hydrogens (primary N) is 2. The molecule has 0 aliphatic rings. The summed E-state index contributed by atoms with van der Waals surface area (Å²) in [6, 6.07) is 10.9. The highest BCUT2D eigenvalue weighted by Crippen LogP contribution is 2.39. The molecule has 0 aliphatic heterocycles. The van der Waals surface area contributed by atoms with Gasteiger partial charge in [-0.05, 0) is 74.4 Å². The lowest BCUT2D eigenvalue weighted by molar-refractivity contribution is 0.112. The van der Waals surface area contributed by atoms with Crippen LogP contribution in [-0.2, 0) is 6.42 Å². The number of anilines is 2. The standard InChI is InChI=1S/C23H25ClN4O/c1-28(2)11-3-4-18-17(21-13-27-10-9-22(21)25)7-8-19(23(18)26)20-12-16(24)6-5-15(20)14-29/h5-10,12-14H,3-4,11,26H2,1-2H3,(H2,25,27). The van der Waals surface area contributed by atoms with E-state index in [0.29, 0.717) is 22.0 Å². The number of rotatable bonds is 7. The van der Waals surface area contributed by atoms with Crippen molar-refractivity contribution in [1.29, 1.82) is 0 Å². The Hall–Kier alpha value is -2.89. The number of nitrogens with zero attached hydrogens (tertiary/aromatic N) is 2. The van der Waals surface area contributed by atoms with Gasteiger partial charge in [0.2, 0.25) is 0 Å². The second-order valence-electron chi connectivity index (χ2n) is 7.27. The van der Waals surface area contributed by atoms with E-state index in [9.17, 15) is 4.79 Å². The highest BCUT2D eigenvalue weighted by Gasteiger charge is 2.17. The zero-order chi connectivity index (χ0) is 21.0. The van der Waals surface area contributed by atoms with E-state index in [4.69, 9.17) is 23.1 Å². The first kappa shape index (κ1) is 20.8. The largest absolute Gasteiger partial charge is 0.398 e. The number of pyridine rings is 1. The summed E-state index contributed by atoms with van der Waals surface area (Å²) in [4.78, 5) is 17.9. The summed E-state index contributed by atoms with van der Waals surface area (Å²) in [5.74, 6) is 0. The Kier molecular flexibility index (Phi) is 6.52. The van der Waals surface area contributed by atoms with Crippen LogP contribution in [0.2, 0.25) is 5.02 Å². The molecule has 0 radical (unpaired) electrons. The third-order valence-electron chi connectivity index (χ3n) is 4.97. The van der Waals surface area contributed by atoms with Crippen LogP contribution in [0.5, 0.6) is 0 Å². The zero-order valence-electron chi connectivity index (χ0n) is 16.7. The van der Waals surface area contributed by atoms with E-state index in [1.54, 1.807) is 36.7 Å².